The van der Waals surface area contributed by atoms with Gasteiger partial charge in [-0.2, -0.15) is 0 Å². The monoisotopic (exact) mass is 713 g/mol. The number of aliphatic hydroxyl groups is 5. The Balaban J connectivity index is 1.38. The van der Waals surface area contributed by atoms with E-state index < -0.39 is 62.3 Å². The smallest absolute Gasteiger partial charge is 0.264 e. The summed E-state index contributed by atoms with van der Waals surface area (Å²) in [5, 5.41) is 54.0. The number of likely N-dealkylation sites (N-methyl/N-ethyl adjacent to an activating group) is 1. The minimum absolute atomic E-state index is 0.0238. The summed E-state index contributed by atoms with van der Waals surface area (Å²) >= 11 is 0. The van der Waals surface area contributed by atoms with Gasteiger partial charge < -0.3 is 54.9 Å². The number of carbonyl (C=O) groups excluding carboxylic acids is 3. The highest BCUT2D eigenvalue weighted by Gasteiger charge is 2.66. The molecule has 4 heterocycles. The summed E-state index contributed by atoms with van der Waals surface area (Å²) in [6, 6.07) is 12.5. The van der Waals surface area contributed by atoms with Crippen molar-refractivity contribution in [2.75, 3.05) is 37.5 Å². The van der Waals surface area contributed by atoms with Gasteiger partial charge in [-0.25, -0.2) is 0 Å². The van der Waals surface area contributed by atoms with Gasteiger partial charge in [0.2, 0.25) is 5.91 Å². The molecule has 4 aliphatic rings. The van der Waals surface area contributed by atoms with Crippen LogP contribution in [0.5, 0.6) is 5.75 Å². The van der Waals surface area contributed by atoms with Crippen LogP contribution in [0.1, 0.15) is 31.7 Å². The number of nitrogens with zero attached hydrogens (tertiary/aromatic N) is 2. The Labute approximate surface area is 291 Å². The normalized spacial score (nSPS) is 34.0. The molecule has 15 heteroatoms. The number of aliphatic hydroxyl groups excluding tert-OH is 5. The number of anilines is 2. The first kappa shape index (κ1) is 36.4. The van der Waals surface area contributed by atoms with E-state index in [0.29, 0.717) is 23.5 Å². The van der Waals surface area contributed by atoms with Crippen LogP contribution in [0.25, 0.3) is 0 Å². The van der Waals surface area contributed by atoms with Gasteiger partial charge in [-0.15, -0.1) is 0 Å². The third kappa shape index (κ3) is 5.83. The van der Waals surface area contributed by atoms with Gasteiger partial charge in [-0.1, -0.05) is 37.3 Å². The Kier molecular flexibility index (Phi) is 9.91. The van der Waals surface area contributed by atoms with Gasteiger partial charge in [-0.05, 0) is 48.7 Å². The fourth-order valence-corrected chi connectivity index (χ4v) is 12.6. The zero-order chi connectivity index (χ0) is 36.3. The van der Waals surface area contributed by atoms with E-state index in [1.165, 1.54) is 4.90 Å². The molecule has 0 aromatic heterocycles. The first-order valence-electron chi connectivity index (χ1n) is 17.0. The Bertz CT molecular complexity index is 1630. The zero-order valence-corrected chi connectivity index (χ0v) is 29.9. The molecule has 3 saturated heterocycles. The number of amides is 3. The Hall–Kier alpha value is -3.41. The lowest BCUT2D eigenvalue weighted by Gasteiger charge is -2.37. The van der Waals surface area contributed by atoms with Crippen molar-refractivity contribution in [3.05, 3.63) is 48.0 Å². The minimum Gasteiger partial charge on any atom is -0.497 e. The molecule has 3 fully saturated rings. The molecule has 50 heavy (non-hydrogen) atoms. The average Bonchev–Trinajstić information content (AvgIpc) is 3.76. The zero-order valence-electron chi connectivity index (χ0n) is 28.9. The molecule has 272 valence electrons. The average molecular weight is 714 g/mol. The van der Waals surface area contributed by atoms with Crippen molar-refractivity contribution in [3.63, 3.8) is 0 Å². The van der Waals surface area contributed by atoms with Crippen molar-refractivity contribution in [3.8, 4) is 5.75 Å². The van der Waals surface area contributed by atoms with E-state index in [1.807, 2.05) is 31.2 Å². The second-order valence-electron chi connectivity index (χ2n) is 14.4. The molecule has 2 aromatic carbocycles. The summed E-state index contributed by atoms with van der Waals surface area (Å²) in [6.07, 6.45) is -8.13. The molecule has 3 amide bonds. The maximum absolute atomic E-state index is 14.5. The maximum Gasteiger partial charge on any atom is 0.264 e. The van der Waals surface area contributed by atoms with E-state index in [-0.39, 0.29) is 42.1 Å². The van der Waals surface area contributed by atoms with Crippen molar-refractivity contribution in [1.82, 2.24) is 4.90 Å². The van der Waals surface area contributed by atoms with Crippen molar-refractivity contribution in [2.24, 2.45) is 5.92 Å². The van der Waals surface area contributed by atoms with Crippen molar-refractivity contribution in [2.45, 2.75) is 93.3 Å². The quantitative estimate of drug-likeness (QED) is 0.202. The SMILES string of the molecule is COc1ccc([Si](C)(C)[C@@H]2[C@@H](CC(=O)N3CCC[C@H]3CO)O[C@]3(C(=O)N(C)c4ccc(NC(=O)[C@H]5O[C@@H](O)[C@H](O)[C@@H](O)[C@@H]5O)cc43)[C@H]2C)cc1. The minimum atomic E-state index is -2.55. The van der Waals surface area contributed by atoms with Crippen LogP contribution in [0.2, 0.25) is 18.6 Å². The molecule has 1 spiro atoms. The first-order chi connectivity index (χ1) is 23.7. The number of likely N-dealkylation sites (tertiary alicyclic amines) is 1. The largest absolute Gasteiger partial charge is 0.497 e. The summed E-state index contributed by atoms with van der Waals surface area (Å²) in [5.74, 6) is -1.03. The van der Waals surface area contributed by atoms with Crippen LogP contribution < -0.4 is 20.1 Å². The van der Waals surface area contributed by atoms with Crippen LogP contribution in [0, 0.1) is 5.92 Å². The van der Waals surface area contributed by atoms with E-state index in [1.54, 1.807) is 37.3 Å². The molecule has 0 saturated carbocycles. The van der Waals surface area contributed by atoms with Gasteiger partial charge in [0.25, 0.3) is 11.8 Å². The number of fused-ring (bicyclic) bond motifs is 2. The molecule has 10 atom stereocenters. The summed E-state index contributed by atoms with van der Waals surface area (Å²) in [4.78, 5) is 44.8. The van der Waals surface area contributed by atoms with E-state index in [9.17, 15) is 39.9 Å². The predicted octanol–water partition coefficient (Wildman–Crippen LogP) is -0.000600. The van der Waals surface area contributed by atoms with Gasteiger partial charge in [0.15, 0.2) is 18.0 Å². The number of benzene rings is 2. The van der Waals surface area contributed by atoms with E-state index in [2.05, 4.69) is 18.4 Å². The standard InChI is InChI=1S/C35H47N3O11Si/c1-18-31(50(4,5)22-11-9-21(47-3)10-12-22)25(16-26(40)38-14-6-7-20(38)17-39)49-35(18)23-15-19(8-13-24(23)37(2)34(35)46)36-32(44)30-28(42)27(41)29(43)33(45)48-30/h8-13,15,18,20,25,27-31,33,39,41-43,45H,6-7,14,16-17H2,1-5H3,(H,36,44)/t18-,20-,25+,27-,28-,29+,30-,31-,33+,35+/m0/s1. The van der Waals surface area contributed by atoms with Crippen LogP contribution in [0.4, 0.5) is 11.4 Å². The molecule has 0 radical (unpaired) electrons. The van der Waals surface area contributed by atoms with Crippen molar-refractivity contribution < 1.29 is 54.1 Å². The number of methoxy groups -OCH3 is 1. The summed E-state index contributed by atoms with van der Waals surface area (Å²) < 4.78 is 17.5. The maximum atomic E-state index is 14.5. The van der Waals surface area contributed by atoms with Gasteiger partial charge in [0.05, 0.1) is 46.0 Å². The second kappa shape index (κ2) is 13.6. The number of ether oxygens (including phenoxy) is 3. The van der Waals surface area contributed by atoms with Crippen LogP contribution in [0.3, 0.4) is 0 Å². The molecular formula is C35H47N3O11Si. The summed E-state index contributed by atoms with van der Waals surface area (Å²) in [6.45, 7) is 6.81. The third-order valence-corrected chi connectivity index (χ3v) is 15.7. The Morgan fingerprint density at radius 1 is 1.06 bits per heavy atom. The number of hydrogen-bond donors (Lipinski definition) is 6. The molecule has 6 N–H and O–H groups in total. The van der Waals surface area contributed by atoms with Crippen LogP contribution in [-0.4, -0.2) is 126 Å². The molecule has 6 rings (SSSR count). The second-order valence-corrected chi connectivity index (χ2v) is 19.1. The van der Waals surface area contributed by atoms with E-state index in [0.717, 1.165) is 18.0 Å². The topological polar surface area (TPSA) is 199 Å². The fourth-order valence-electron chi connectivity index (χ4n) is 8.63. The number of nitrogens with one attached hydrogen (secondary N) is 1. The number of carbonyl (C=O) groups is 3. The molecule has 0 aliphatic carbocycles. The highest BCUT2D eigenvalue weighted by molar-refractivity contribution is 6.91. The first-order valence-corrected chi connectivity index (χ1v) is 20.1. The molecular weight excluding hydrogens is 666 g/mol. The molecule has 0 bridgehead atoms. The molecule has 14 nitrogen and oxygen atoms in total. The highest BCUT2D eigenvalue weighted by atomic mass is 28.3. The van der Waals surface area contributed by atoms with E-state index in [4.69, 9.17) is 14.2 Å². The number of hydrogen-bond acceptors (Lipinski definition) is 11. The highest BCUT2D eigenvalue weighted by Crippen LogP contribution is 2.60. The Morgan fingerprint density at radius 2 is 1.76 bits per heavy atom. The number of rotatable bonds is 8. The summed E-state index contributed by atoms with van der Waals surface area (Å²) in [5.41, 5.74) is -0.419. The fraction of sp³-hybridized carbons (Fsp3) is 0.571. The van der Waals surface area contributed by atoms with Crippen molar-refractivity contribution in [1.29, 1.82) is 0 Å². The molecule has 4 aliphatic heterocycles. The van der Waals surface area contributed by atoms with Gasteiger partial charge in [0, 0.05) is 30.8 Å². The van der Waals surface area contributed by atoms with Gasteiger partial charge >= 0.3 is 0 Å². The van der Waals surface area contributed by atoms with E-state index >= 15 is 0 Å². The lowest BCUT2D eigenvalue weighted by atomic mass is 9.82. The van der Waals surface area contributed by atoms with Crippen LogP contribution in [0.15, 0.2) is 42.5 Å². The summed E-state index contributed by atoms with van der Waals surface area (Å²) in [7, 11) is 0.707. The predicted molar refractivity (Wildman–Crippen MR) is 183 cm³/mol. The van der Waals surface area contributed by atoms with Crippen LogP contribution >= 0.6 is 0 Å². The third-order valence-electron chi connectivity index (χ3n) is 11.4. The molecule has 0 unspecified atom stereocenters. The lowest BCUT2D eigenvalue weighted by molar-refractivity contribution is -0.274. The van der Waals surface area contributed by atoms with Crippen molar-refractivity contribution >= 4 is 42.4 Å². The lowest BCUT2D eigenvalue weighted by Crippen LogP contribution is -2.60. The Morgan fingerprint density at radius 3 is 2.42 bits per heavy atom. The molecule has 2 aromatic rings. The van der Waals surface area contributed by atoms with Gasteiger partial charge in [-0.3, -0.25) is 14.4 Å². The van der Waals surface area contributed by atoms with Crippen LogP contribution in [-0.2, 0) is 29.5 Å². The van der Waals surface area contributed by atoms with Gasteiger partial charge in [0.1, 0.15) is 24.1 Å².